The van der Waals surface area contributed by atoms with Crippen molar-refractivity contribution < 1.29 is 14.6 Å². The van der Waals surface area contributed by atoms with Gasteiger partial charge in [0.05, 0.1) is 0 Å². The minimum absolute atomic E-state index is 0.339. The summed E-state index contributed by atoms with van der Waals surface area (Å²) in [6, 6.07) is 0. The number of hydrogen-bond donors (Lipinski definition) is 1. The molecule has 0 bridgehead atoms. The maximum absolute atomic E-state index is 9.98. The number of aliphatic carboxylic acids is 1. The molecule has 0 amide bonds. The fourth-order valence-electron chi connectivity index (χ4n) is 0.314. The van der Waals surface area contributed by atoms with E-state index in [0.717, 1.165) is 0 Å². The summed E-state index contributed by atoms with van der Waals surface area (Å²) in [5, 5.41) is 7.35. The van der Waals surface area contributed by atoms with Gasteiger partial charge in [0.2, 0.25) is 0 Å². The fourth-order valence-corrected chi connectivity index (χ4v) is 0.369. The van der Waals surface area contributed by atoms with E-state index in [0.29, 0.717) is 6.42 Å². The molecule has 0 aliphatic rings. The van der Waals surface area contributed by atoms with Crippen LogP contribution in [0.15, 0.2) is 0 Å². The first-order valence-electron chi connectivity index (χ1n) is 3.02. The van der Waals surface area contributed by atoms with Crippen LogP contribution in [-0.2, 0) is 9.53 Å². The molecular formula is C6H11ClO3. The number of ether oxygens (including phenoxy) is 1. The minimum Gasteiger partial charge on any atom is -0.480 e. The van der Waals surface area contributed by atoms with Gasteiger partial charge in [-0.1, -0.05) is 18.5 Å². The smallest absolute Gasteiger partial charge is 0.329 e. The van der Waals surface area contributed by atoms with Gasteiger partial charge in [-0.2, -0.15) is 0 Å². The summed E-state index contributed by atoms with van der Waals surface area (Å²) in [5.41, 5.74) is 0. The lowest BCUT2D eigenvalue weighted by Crippen LogP contribution is -2.23. The van der Waals surface area contributed by atoms with Gasteiger partial charge < -0.3 is 9.84 Å². The Morgan fingerprint density at radius 1 is 1.80 bits per heavy atom. The highest BCUT2D eigenvalue weighted by molar-refractivity contribution is 6.22. The molecule has 0 saturated heterocycles. The molecule has 0 radical (unpaired) electrons. The van der Waals surface area contributed by atoms with Crippen molar-refractivity contribution in [2.24, 2.45) is 0 Å². The molecule has 0 aromatic carbocycles. The van der Waals surface area contributed by atoms with Crippen molar-refractivity contribution >= 4 is 17.6 Å². The second kappa shape index (κ2) is 3.78. The molecule has 0 aromatic rings. The maximum atomic E-state index is 9.98. The van der Waals surface area contributed by atoms with E-state index < -0.39 is 11.0 Å². The van der Waals surface area contributed by atoms with Crippen LogP contribution in [0, 0.1) is 0 Å². The molecule has 0 aromatic heterocycles. The number of hydrogen-bond acceptors (Lipinski definition) is 2. The maximum Gasteiger partial charge on any atom is 0.329 e. The Kier molecular flexibility index (Phi) is 3.68. The van der Waals surface area contributed by atoms with Crippen LogP contribution in [0.5, 0.6) is 0 Å². The second-order valence-electron chi connectivity index (χ2n) is 2.14. The summed E-state index contributed by atoms with van der Waals surface area (Å²) in [5.74, 6) is -1.000. The van der Waals surface area contributed by atoms with Crippen molar-refractivity contribution in [1.82, 2.24) is 0 Å². The lowest BCUT2D eigenvalue weighted by molar-refractivity contribution is -0.145. The van der Waals surface area contributed by atoms with Gasteiger partial charge in [-0.15, -0.1) is 0 Å². The van der Waals surface area contributed by atoms with Crippen LogP contribution in [0.2, 0.25) is 0 Å². The van der Waals surface area contributed by atoms with Crippen molar-refractivity contribution in [3.63, 3.8) is 0 Å². The Balaban J connectivity index is 3.56. The van der Waals surface area contributed by atoms with Gasteiger partial charge in [0.1, 0.15) is 11.7 Å². The summed E-state index contributed by atoms with van der Waals surface area (Å²) in [6.45, 7) is 3.13. The number of carboxylic acids is 1. The van der Waals surface area contributed by atoms with Gasteiger partial charge in [-0.3, -0.25) is 0 Å². The largest absolute Gasteiger partial charge is 0.480 e. The van der Waals surface area contributed by atoms with E-state index in [1.165, 1.54) is 0 Å². The molecule has 1 atom stereocenters. The van der Waals surface area contributed by atoms with Gasteiger partial charge in [-0.25, -0.2) is 4.79 Å². The highest BCUT2D eigenvalue weighted by Gasteiger charge is 2.19. The molecule has 0 aliphatic carbocycles. The van der Waals surface area contributed by atoms with E-state index in [1.54, 1.807) is 6.92 Å². The van der Waals surface area contributed by atoms with E-state index >= 15 is 0 Å². The number of carbonyl (C=O) groups is 1. The predicted octanol–water partition coefficient (Wildman–Crippen LogP) is 1.45. The molecular weight excluding hydrogens is 156 g/mol. The van der Waals surface area contributed by atoms with Gasteiger partial charge in [0.25, 0.3) is 0 Å². The number of carboxylic acid groups (broad SMARTS) is 1. The quantitative estimate of drug-likeness (QED) is 0.644. The van der Waals surface area contributed by atoms with Crippen LogP contribution in [-0.4, -0.2) is 22.7 Å². The molecule has 1 N–H and O–H groups in total. The van der Waals surface area contributed by atoms with Crippen LogP contribution in [0.25, 0.3) is 0 Å². The SMILES string of the molecule is CCC(C)(Cl)OCC(=O)O. The first-order valence-corrected chi connectivity index (χ1v) is 3.40. The minimum atomic E-state index is -1.000. The summed E-state index contributed by atoms with van der Waals surface area (Å²) in [7, 11) is 0. The second-order valence-corrected chi connectivity index (χ2v) is 2.94. The van der Waals surface area contributed by atoms with E-state index in [-0.39, 0.29) is 6.61 Å². The lowest BCUT2D eigenvalue weighted by atomic mass is 10.3. The molecule has 0 heterocycles. The molecule has 0 fully saturated rings. The summed E-state index contributed by atoms with van der Waals surface area (Å²) in [6.07, 6.45) is 0.585. The standard InChI is InChI=1S/C6H11ClO3/c1-3-6(2,7)10-4-5(8)9/h3-4H2,1-2H3,(H,8,9). The normalized spacial score (nSPS) is 16.3. The van der Waals surface area contributed by atoms with Gasteiger partial charge in [0.15, 0.2) is 0 Å². The molecule has 0 rings (SSSR count). The van der Waals surface area contributed by atoms with Crippen LogP contribution < -0.4 is 0 Å². The molecule has 3 nitrogen and oxygen atoms in total. The Bertz CT molecular complexity index is 122. The summed E-state index contributed by atoms with van der Waals surface area (Å²) < 4.78 is 4.81. The Morgan fingerprint density at radius 2 is 2.30 bits per heavy atom. The molecule has 4 heteroatoms. The van der Waals surface area contributed by atoms with Crippen molar-refractivity contribution in [1.29, 1.82) is 0 Å². The first-order chi connectivity index (χ1) is 4.48. The fraction of sp³-hybridized carbons (Fsp3) is 0.833. The molecule has 0 aliphatic heterocycles. The number of rotatable bonds is 4. The predicted molar refractivity (Wildman–Crippen MR) is 38.1 cm³/mol. The van der Waals surface area contributed by atoms with E-state index in [4.69, 9.17) is 21.4 Å². The topological polar surface area (TPSA) is 46.5 Å². The number of alkyl halides is 1. The average molecular weight is 167 g/mol. The Labute approximate surface area is 64.9 Å². The highest BCUT2D eigenvalue weighted by atomic mass is 35.5. The van der Waals surface area contributed by atoms with Crippen molar-refractivity contribution in [3.05, 3.63) is 0 Å². The van der Waals surface area contributed by atoms with E-state index in [9.17, 15) is 4.79 Å². The van der Waals surface area contributed by atoms with Gasteiger partial charge in [-0.05, 0) is 13.3 Å². The zero-order valence-electron chi connectivity index (χ0n) is 6.06. The molecule has 0 saturated carbocycles. The van der Waals surface area contributed by atoms with E-state index in [1.807, 2.05) is 6.92 Å². The third kappa shape index (κ3) is 4.58. The van der Waals surface area contributed by atoms with Crippen LogP contribution in [0.1, 0.15) is 20.3 Å². The molecule has 1 unspecified atom stereocenters. The van der Waals surface area contributed by atoms with E-state index in [2.05, 4.69) is 0 Å². The van der Waals surface area contributed by atoms with Crippen LogP contribution in [0.4, 0.5) is 0 Å². The average Bonchev–Trinajstić information content (AvgIpc) is 1.85. The summed E-state index contributed by atoms with van der Waals surface area (Å²) in [4.78, 5) is 9.98. The third-order valence-electron chi connectivity index (χ3n) is 1.13. The molecule has 0 spiro atoms. The number of halogens is 1. The zero-order valence-corrected chi connectivity index (χ0v) is 6.81. The lowest BCUT2D eigenvalue weighted by Gasteiger charge is -2.18. The van der Waals surface area contributed by atoms with Gasteiger partial charge >= 0.3 is 5.97 Å². The van der Waals surface area contributed by atoms with Crippen molar-refractivity contribution in [2.45, 2.75) is 25.3 Å². The molecule has 10 heavy (non-hydrogen) atoms. The van der Waals surface area contributed by atoms with Crippen LogP contribution in [0.3, 0.4) is 0 Å². The van der Waals surface area contributed by atoms with Crippen molar-refractivity contribution in [2.75, 3.05) is 6.61 Å². The Hall–Kier alpha value is -0.280. The third-order valence-corrected chi connectivity index (χ3v) is 1.50. The Morgan fingerprint density at radius 3 is 2.60 bits per heavy atom. The first kappa shape index (κ1) is 9.72. The van der Waals surface area contributed by atoms with Gasteiger partial charge in [0, 0.05) is 0 Å². The van der Waals surface area contributed by atoms with Crippen molar-refractivity contribution in [3.8, 4) is 0 Å². The highest BCUT2D eigenvalue weighted by Crippen LogP contribution is 2.19. The summed E-state index contributed by atoms with van der Waals surface area (Å²) >= 11 is 5.68. The zero-order chi connectivity index (χ0) is 8.20. The molecule has 60 valence electrons. The van der Waals surface area contributed by atoms with Crippen LogP contribution >= 0.6 is 11.6 Å². The monoisotopic (exact) mass is 166 g/mol.